The number of nitrogens with one attached hydrogen (secondary N) is 1. The maximum absolute atomic E-state index is 5.93. The summed E-state index contributed by atoms with van der Waals surface area (Å²) in [4.78, 5) is 4.15. The van der Waals surface area contributed by atoms with Gasteiger partial charge < -0.3 is 5.32 Å². The van der Waals surface area contributed by atoms with Gasteiger partial charge in [-0.3, -0.25) is 0 Å². The Hall–Kier alpha value is 0.01000. The van der Waals surface area contributed by atoms with E-state index < -0.39 is 0 Å². The van der Waals surface area contributed by atoms with Crippen molar-refractivity contribution in [1.29, 1.82) is 0 Å². The first-order chi connectivity index (χ1) is 6.50. The second kappa shape index (κ2) is 5.19. The third-order valence-corrected chi connectivity index (χ3v) is 3.05. The van der Waals surface area contributed by atoms with Gasteiger partial charge in [0.05, 0.1) is 14.9 Å². The highest BCUT2D eigenvalue weighted by molar-refractivity contribution is 9.10. The number of pyridine rings is 1. The van der Waals surface area contributed by atoms with Crippen LogP contribution in [0.3, 0.4) is 0 Å². The number of halogens is 3. The lowest BCUT2D eigenvalue weighted by Crippen LogP contribution is -2.24. The number of rotatable bonds is 3. The molecule has 2 atom stereocenters. The van der Waals surface area contributed by atoms with E-state index in [2.05, 4.69) is 26.2 Å². The van der Waals surface area contributed by atoms with Gasteiger partial charge in [-0.1, -0.05) is 11.6 Å². The Bertz CT molecular complexity index is 318. The van der Waals surface area contributed by atoms with E-state index in [-0.39, 0.29) is 11.4 Å². The van der Waals surface area contributed by atoms with Crippen molar-refractivity contribution >= 4 is 44.9 Å². The number of alkyl halides is 1. The fourth-order valence-electron chi connectivity index (χ4n) is 0.851. The van der Waals surface area contributed by atoms with E-state index in [0.717, 1.165) is 10.3 Å². The van der Waals surface area contributed by atoms with Crippen molar-refractivity contribution in [2.45, 2.75) is 25.3 Å². The molecule has 5 heteroatoms. The van der Waals surface area contributed by atoms with E-state index in [0.29, 0.717) is 5.02 Å². The van der Waals surface area contributed by atoms with Gasteiger partial charge in [0.15, 0.2) is 0 Å². The van der Waals surface area contributed by atoms with Crippen molar-refractivity contribution in [3.05, 3.63) is 21.8 Å². The van der Waals surface area contributed by atoms with Crippen LogP contribution in [0.15, 0.2) is 16.7 Å². The van der Waals surface area contributed by atoms with E-state index in [1.54, 1.807) is 12.3 Å². The van der Waals surface area contributed by atoms with Crippen molar-refractivity contribution in [3.63, 3.8) is 0 Å². The number of hydrogen-bond acceptors (Lipinski definition) is 2. The molecular formula is C9H11BrCl2N2. The smallest absolute Gasteiger partial charge is 0.140 e. The van der Waals surface area contributed by atoms with E-state index in [1.165, 1.54) is 0 Å². The highest BCUT2D eigenvalue weighted by Gasteiger charge is 2.11. The van der Waals surface area contributed by atoms with Gasteiger partial charge in [-0.05, 0) is 35.8 Å². The molecule has 2 nitrogen and oxygen atoms in total. The maximum atomic E-state index is 5.93. The molecular weight excluding hydrogens is 287 g/mol. The van der Waals surface area contributed by atoms with Gasteiger partial charge in [0.2, 0.25) is 0 Å². The summed E-state index contributed by atoms with van der Waals surface area (Å²) in [5.41, 5.74) is 0. The van der Waals surface area contributed by atoms with E-state index in [4.69, 9.17) is 23.2 Å². The minimum Gasteiger partial charge on any atom is -0.365 e. The molecule has 1 aromatic heterocycles. The van der Waals surface area contributed by atoms with Crippen molar-refractivity contribution in [1.82, 2.24) is 4.98 Å². The second-order valence-corrected chi connectivity index (χ2v) is 5.07. The molecule has 0 aliphatic heterocycles. The van der Waals surface area contributed by atoms with Gasteiger partial charge in [-0.2, -0.15) is 0 Å². The highest BCUT2D eigenvalue weighted by atomic mass is 79.9. The van der Waals surface area contributed by atoms with Crippen LogP contribution in [0.4, 0.5) is 5.82 Å². The molecule has 78 valence electrons. The molecule has 0 fully saturated rings. The fraction of sp³-hybridized carbons (Fsp3) is 0.444. The first kappa shape index (κ1) is 12.1. The minimum atomic E-state index is 0.0411. The van der Waals surface area contributed by atoms with Crippen molar-refractivity contribution in [3.8, 4) is 0 Å². The number of anilines is 1. The Labute approximate surface area is 102 Å². The summed E-state index contributed by atoms with van der Waals surface area (Å²) in [6.45, 7) is 3.93. The fourth-order valence-corrected chi connectivity index (χ4v) is 1.67. The van der Waals surface area contributed by atoms with Gasteiger partial charge in [-0.15, -0.1) is 11.6 Å². The molecule has 1 aromatic rings. The average molecular weight is 298 g/mol. The van der Waals surface area contributed by atoms with Crippen LogP contribution >= 0.6 is 39.1 Å². The lowest BCUT2D eigenvalue weighted by molar-refractivity contribution is 0.767. The lowest BCUT2D eigenvalue weighted by atomic mass is 10.2. The quantitative estimate of drug-likeness (QED) is 0.855. The van der Waals surface area contributed by atoms with Crippen LogP contribution in [-0.2, 0) is 0 Å². The topological polar surface area (TPSA) is 24.9 Å². The number of hydrogen-bond donors (Lipinski definition) is 1. The maximum Gasteiger partial charge on any atom is 0.140 e. The van der Waals surface area contributed by atoms with Crippen LogP contribution < -0.4 is 5.32 Å². The highest BCUT2D eigenvalue weighted by Crippen LogP contribution is 2.24. The standard InChI is InChI=1S/C9H11BrCl2N2/c1-5(11)6(2)14-9-8(10)3-7(12)4-13-9/h3-6H,1-2H3,(H,13,14). The zero-order chi connectivity index (χ0) is 10.7. The van der Waals surface area contributed by atoms with Gasteiger partial charge >= 0.3 is 0 Å². The number of nitrogens with zero attached hydrogens (tertiary/aromatic N) is 1. The van der Waals surface area contributed by atoms with Crippen molar-refractivity contribution in [2.75, 3.05) is 5.32 Å². The molecule has 0 aromatic carbocycles. The van der Waals surface area contributed by atoms with Crippen LogP contribution in [0.1, 0.15) is 13.8 Å². The second-order valence-electron chi connectivity index (χ2n) is 3.09. The van der Waals surface area contributed by atoms with E-state index in [1.807, 2.05) is 13.8 Å². The summed E-state index contributed by atoms with van der Waals surface area (Å²) in [5.74, 6) is 0.759. The van der Waals surface area contributed by atoms with Crippen LogP contribution in [-0.4, -0.2) is 16.4 Å². The molecule has 0 saturated heterocycles. The Morgan fingerprint density at radius 1 is 1.50 bits per heavy atom. The first-order valence-electron chi connectivity index (χ1n) is 4.22. The molecule has 0 radical (unpaired) electrons. The Morgan fingerprint density at radius 3 is 2.64 bits per heavy atom. The molecule has 0 aliphatic carbocycles. The van der Waals surface area contributed by atoms with Crippen LogP contribution in [0.25, 0.3) is 0 Å². The van der Waals surface area contributed by atoms with Crippen LogP contribution in [0, 0.1) is 0 Å². The molecule has 0 spiro atoms. The largest absolute Gasteiger partial charge is 0.365 e. The predicted molar refractivity (Wildman–Crippen MR) is 65.3 cm³/mol. The lowest BCUT2D eigenvalue weighted by Gasteiger charge is -2.17. The van der Waals surface area contributed by atoms with Crippen molar-refractivity contribution < 1.29 is 0 Å². The van der Waals surface area contributed by atoms with Crippen molar-refractivity contribution in [2.24, 2.45) is 0 Å². The molecule has 0 amide bonds. The predicted octanol–water partition coefficient (Wildman–Crippen LogP) is 3.93. The van der Waals surface area contributed by atoms with Crippen LogP contribution in [0.2, 0.25) is 5.02 Å². The monoisotopic (exact) mass is 296 g/mol. The summed E-state index contributed by atoms with van der Waals surface area (Å²) in [6.07, 6.45) is 1.60. The van der Waals surface area contributed by atoms with Gasteiger partial charge in [-0.25, -0.2) is 4.98 Å². The first-order valence-corrected chi connectivity index (χ1v) is 5.83. The Kier molecular flexibility index (Phi) is 4.48. The Morgan fingerprint density at radius 2 is 2.14 bits per heavy atom. The third-order valence-electron chi connectivity index (χ3n) is 1.86. The van der Waals surface area contributed by atoms with Gasteiger partial charge in [0.25, 0.3) is 0 Å². The third kappa shape index (κ3) is 3.30. The molecule has 0 aliphatic rings. The summed E-state index contributed by atoms with van der Waals surface area (Å²) in [7, 11) is 0. The van der Waals surface area contributed by atoms with Crippen LogP contribution in [0.5, 0.6) is 0 Å². The summed E-state index contributed by atoms with van der Waals surface area (Å²) in [6, 6.07) is 1.95. The van der Waals surface area contributed by atoms with Gasteiger partial charge in [0, 0.05) is 12.2 Å². The normalized spacial score (nSPS) is 14.9. The summed E-state index contributed by atoms with van der Waals surface area (Å²) >= 11 is 15.1. The van der Waals surface area contributed by atoms with E-state index in [9.17, 15) is 0 Å². The summed E-state index contributed by atoms with van der Waals surface area (Å²) in [5, 5.41) is 3.83. The van der Waals surface area contributed by atoms with Gasteiger partial charge in [0.1, 0.15) is 5.82 Å². The molecule has 14 heavy (non-hydrogen) atoms. The SMILES string of the molecule is CC(Cl)C(C)Nc1ncc(Cl)cc1Br. The molecule has 1 N–H and O–H groups in total. The molecule has 0 saturated carbocycles. The molecule has 1 rings (SSSR count). The summed E-state index contributed by atoms with van der Waals surface area (Å²) < 4.78 is 0.842. The Balaban J connectivity index is 2.77. The zero-order valence-electron chi connectivity index (χ0n) is 7.89. The minimum absolute atomic E-state index is 0.0411. The number of aromatic nitrogens is 1. The average Bonchev–Trinajstić information content (AvgIpc) is 2.09. The molecule has 0 bridgehead atoms. The van der Waals surface area contributed by atoms with E-state index >= 15 is 0 Å². The molecule has 2 unspecified atom stereocenters. The molecule has 1 heterocycles. The zero-order valence-corrected chi connectivity index (χ0v) is 11.0.